The molecule has 0 spiro atoms. The Kier molecular flexibility index (Phi) is 12.3. The molecule has 2 amide bonds. The Bertz CT molecular complexity index is 2450. The number of ether oxygens (including phenoxy) is 2. The zero-order valence-electron chi connectivity index (χ0n) is 28.5. The van der Waals surface area contributed by atoms with Crippen LogP contribution < -0.4 is 26.1 Å². The highest BCUT2D eigenvalue weighted by atomic mass is 35.5. The molecule has 0 aliphatic carbocycles. The number of carboxylic acids is 1. The highest BCUT2D eigenvalue weighted by Crippen LogP contribution is 2.42. The maximum absolute atomic E-state index is 13.7. The van der Waals surface area contributed by atoms with Crippen molar-refractivity contribution in [2.24, 2.45) is 5.16 Å². The van der Waals surface area contributed by atoms with Crippen LogP contribution in [-0.4, -0.2) is 106 Å². The third-order valence-electron chi connectivity index (χ3n) is 7.70. The molecule has 2 atom stereocenters. The molecule has 19 nitrogen and oxygen atoms in total. The van der Waals surface area contributed by atoms with Crippen LogP contribution in [0.4, 0.5) is 5.13 Å². The van der Waals surface area contributed by atoms with Gasteiger partial charge in [0.15, 0.2) is 26.7 Å². The summed E-state index contributed by atoms with van der Waals surface area (Å²) >= 11 is 15.6. The summed E-state index contributed by atoms with van der Waals surface area (Å²) in [5.41, 5.74) is 5.47. The minimum atomic E-state index is -1.34. The third-order valence-corrected chi connectivity index (χ3v) is 12.3. The lowest BCUT2D eigenvalue weighted by Gasteiger charge is -2.49. The maximum Gasteiger partial charge on any atom is 0.366 e. The number of alkyl halides is 2. The zero-order chi connectivity index (χ0) is 40.4. The first-order valence-electron chi connectivity index (χ1n) is 15.6. The van der Waals surface area contributed by atoms with E-state index in [1.54, 1.807) is 6.92 Å². The number of aromatic nitrogens is 4. The molecule has 1 aromatic carbocycles. The van der Waals surface area contributed by atoms with E-state index in [1.165, 1.54) is 52.5 Å². The molecule has 0 bridgehead atoms. The molecule has 0 unspecified atom stereocenters. The van der Waals surface area contributed by atoms with Crippen LogP contribution in [0.2, 0.25) is 0 Å². The highest BCUT2D eigenvalue weighted by molar-refractivity contribution is 8.02. The van der Waals surface area contributed by atoms with E-state index < -0.39 is 70.1 Å². The smallest absolute Gasteiger partial charge is 0.366 e. The predicted octanol–water partition coefficient (Wildman–Crippen LogP) is 2.19. The summed E-state index contributed by atoms with van der Waals surface area (Å²) < 4.78 is 12.2. The van der Waals surface area contributed by atoms with Gasteiger partial charge < -0.3 is 30.5 Å². The second-order valence-electron chi connectivity index (χ2n) is 11.4. The van der Waals surface area contributed by atoms with Crippen LogP contribution in [0.5, 0.6) is 11.5 Å². The number of hydrogen-bond acceptors (Lipinski definition) is 19. The first kappa shape index (κ1) is 40.6. The van der Waals surface area contributed by atoms with Crippen LogP contribution in [0.25, 0.3) is 4.96 Å². The van der Waals surface area contributed by atoms with E-state index in [9.17, 15) is 38.7 Å². The van der Waals surface area contributed by atoms with Crippen LogP contribution in [0.1, 0.15) is 27.3 Å². The van der Waals surface area contributed by atoms with Crippen LogP contribution in [-0.2, 0) is 28.8 Å². The molecule has 292 valence electrons. The molecule has 4 N–H and O–H groups in total. The number of rotatable bonds is 13. The summed E-state index contributed by atoms with van der Waals surface area (Å²) in [6.07, 6.45) is 0. The van der Waals surface area contributed by atoms with E-state index in [2.05, 4.69) is 25.5 Å². The summed E-state index contributed by atoms with van der Waals surface area (Å²) in [6.45, 7) is 3.16. The van der Waals surface area contributed by atoms with Gasteiger partial charge >= 0.3 is 23.9 Å². The van der Waals surface area contributed by atoms with Gasteiger partial charge in [0, 0.05) is 28.6 Å². The molecule has 0 saturated carbocycles. The molecule has 6 rings (SSSR count). The predicted molar refractivity (Wildman–Crippen MR) is 205 cm³/mol. The number of aryl methyl sites for hydroxylation is 2. The Morgan fingerprint density at radius 1 is 1.07 bits per heavy atom. The second kappa shape index (κ2) is 17.0. The lowest BCUT2D eigenvalue weighted by Crippen LogP contribution is -2.71. The topological polar surface area (TPSA) is 264 Å². The molecule has 2 aliphatic rings. The fourth-order valence-electron chi connectivity index (χ4n) is 5.22. The van der Waals surface area contributed by atoms with E-state index in [0.29, 0.717) is 20.6 Å². The summed E-state index contributed by atoms with van der Waals surface area (Å²) in [5.74, 6) is -7.35. The number of halogens is 2. The van der Waals surface area contributed by atoms with Crippen molar-refractivity contribution in [2.45, 2.75) is 29.6 Å². The fraction of sp³-hybridized carbons (Fsp3) is 0.258. The minimum absolute atomic E-state index is 0.0388. The number of nitrogens with one attached hydrogen (secondary N) is 1. The summed E-state index contributed by atoms with van der Waals surface area (Å²) in [7, 11) is 0. The van der Waals surface area contributed by atoms with E-state index in [1.807, 2.05) is 0 Å². The molecule has 2 aliphatic heterocycles. The van der Waals surface area contributed by atoms with Crippen molar-refractivity contribution < 1.29 is 48.2 Å². The van der Waals surface area contributed by atoms with Crippen LogP contribution >= 0.6 is 69.4 Å². The van der Waals surface area contributed by atoms with Crippen molar-refractivity contribution in [1.29, 1.82) is 0 Å². The average molecular weight is 884 g/mol. The minimum Gasteiger partial charge on any atom is -0.477 e. The molecule has 25 heteroatoms. The number of thiazole rings is 1. The van der Waals surface area contributed by atoms with Gasteiger partial charge in [-0.15, -0.1) is 51.4 Å². The lowest BCUT2D eigenvalue weighted by atomic mass is 10.0. The number of esters is 2. The Morgan fingerprint density at radius 3 is 2.41 bits per heavy atom. The number of carbonyl (C=O) groups is 6. The summed E-state index contributed by atoms with van der Waals surface area (Å²) in [6, 6.07) is 2.39. The van der Waals surface area contributed by atoms with Gasteiger partial charge in [-0.2, -0.15) is 4.98 Å². The van der Waals surface area contributed by atoms with E-state index in [0.717, 1.165) is 33.6 Å². The van der Waals surface area contributed by atoms with E-state index in [-0.39, 0.29) is 50.7 Å². The van der Waals surface area contributed by atoms with E-state index in [4.69, 9.17) is 43.2 Å². The summed E-state index contributed by atoms with van der Waals surface area (Å²) in [5, 5.41) is 21.4. The van der Waals surface area contributed by atoms with Gasteiger partial charge in [-0.1, -0.05) is 28.3 Å². The number of carbonyl (C=O) groups excluding carboxylic acids is 5. The van der Waals surface area contributed by atoms with Crippen molar-refractivity contribution >= 4 is 121 Å². The van der Waals surface area contributed by atoms with Gasteiger partial charge in [-0.05, 0) is 37.1 Å². The standard InChI is InChI=1S/C31H24Cl2N8O11S4/c1-11-3-16(50-19(43)6-32)17(51-20(44)7-33)5-14(11)28(49)52-39-21(15-10-54-29(34)35-15)24(45)37-22-25(46)40-23(27(47)48)13(8-53-26(22)40)9-55-31-38-41-12(2)4-18(42)36-30(41)56-31/h3-5,10,22,26H,6-9H2,1-2H3,(H2,34,35)(H,37,45)(H,47,48)/t22-,26-/m1/s1. The van der Waals surface area contributed by atoms with Gasteiger partial charge in [-0.3, -0.25) is 28.9 Å². The first-order chi connectivity index (χ1) is 26.7. The second-order valence-corrected chi connectivity index (χ2v) is 16.1. The van der Waals surface area contributed by atoms with Crippen molar-refractivity contribution in [3.05, 3.63) is 67.7 Å². The molecule has 5 heterocycles. The number of β-lactam (4-membered cyclic amide) rings is 1. The Balaban J connectivity index is 1.19. The quantitative estimate of drug-likeness (QED) is 0.0254. The molecular weight excluding hydrogens is 860 g/mol. The van der Waals surface area contributed by atoms with Gasteiger partial charge in [0.25, 0.3) is 17.4 Å². The molecule has 3 aromatic heterocycles. The monoisotopic (exact) mass is 882 g/mol. The number of nitrogens with two attached hydrogens (primary N) is 1. The molecule has 0 radical (unpaired) electrons. The SMILES string of the molecule is Cc1cc(OC(=O)CCl)c(OC(=O)CCl)cc1C(=O)ON=C(C(=O)N[C@@H]1C(=O)N2C(C(=O)O)=C(CSc3nn4c(C)cc(=O)nc4s3)CS[C@H]12)c1csc(N)n1. The average Bonchev–Trinajstić information content (AvgIpc) is 3.78. The van der Waals surface area contributed by atoms with Crippen LogP contribution in [0.3, 0.4) is 0 Å². The van der Waals surface area contributed by atoms with Gasteiger partial charge in [0.1, 0.15) is 34.6 Å². The Morgan fingerprint density at radius 2 is 1.77 bits per heavy atom. The first-order valence-corrected chi connectivity index (χ1v) is 20.4. The van der Waals surface area contributed by atoms with Crippen molar-refractivity contribution in [2.75, 3.05) is 29.0 Å². The van der Waals surface area contributed by atoms with Crippen molar-refractivity contribution in [1.82, 2.24) is 29.8 Å². The number of nitrogen functional groups attached to an aromatic ring is 1. The van der Waals surface area contributed by atoms with Gasteiger partial charge in [-0.25, -0.2) is 19.1 Å². The Labute approximate surface area is 340 Å². The Hall–Kier alpha value is -5.07. The number of anilines is 1. The molecule has 1 saturated heterocycles. The molecule has 1 fully saturated rings. The number of thioether (sulfide) groups is 2. The van der Waals surface area contributed by atoms with Crippen LogP contribution in [0.15, 0.2) is 49.1 Å². The molecule has 56 heavy (non-hydrogen) atoms. The third kappa shape index (κ3) is 8.51. The normalized spacial score (nSPS) is 16.6. The summed E-state index contributed by atoms with van der Waals surface area (Å²) in [4.78, 5) is 103. The van der Waals surface area contributed by atoms with Crippen molar-refractivity contribution in [3.8, 4) is 11.5 Å². The number of nitrogens with zero attached hydrogens (tertiary/aromatic N) is 6. The number of amides is 2. The zero-order valence-corrected chi connectivity index (χ0v) is 33.2. The number of hydrogen-bond donors (Lipinski definition) is 3. The fourth-order valence-corrected chi connectivity index (χ4v) is 9.35. The lowest BCUT2D eigenvalue weighted by molar-refractivity contribution is -0.150. The number of aliphatic carboxylic acids is 1. The number of benzene rings is 1. The molecule has 4 aromatic rings. The maximum atomic E-state index is 13.7. The van der Waals surface area contributed by atoms with Crippen molar-refractivity contribution in [3.63, 3.8) is 0 Å². The van der Waals surface area contributed by atoms with E-state index >= 15 is 0 Å². The molecular formula is C31H24Cl2N8O11S4. The number of fused-ring (bicyclic) bond motifs is 2. The van der Waals surface area contributed by atoms with Crippen LogP contribution in [0, 0.1) is 13.8 Å². The van der Waals surface area contributed by atoms with Gasteiger partial charge in [0.2, 0.25) is 4.96 Å². The number of carboxylic acid groups (broad SMARTS) is 1. The van der Waals surface area contributed by atoms with Gasteiger partial charge in [0.05, 0.1) is 5.56 Å². The number of oxime groups is 1. The highest BCUT2D eigenvalue weighted by Gasteiger charge is 2.54. The largest absolute Gasteiger partial charge is 0.477 e.